The smallest absolute Gasteiger partial charge is 0.224 e. The van der Waals surface area contributed by atoms with Crippen LogP contribution in [0.4, 0.5) is 11.6 Å². The van der Waals surface area contributed by atoms with E-state index in [9.17, 15) is 0 Å². The Hall–Kier alpha value is -2.04. The number of anilines is 2. The van der Waals surface area contributed by atoms with Gasteiger partial charge in [0.05, 0.1) is 0 Å². The standard InChI is InChI=1S/C13H17N5/c1-14-13-17-16-12(18(13)2)10-7-8-15-11-6-4-3-5-9(10)11/h3-6,10,15H,7-8H2,1-2H3,(H,14,17). The van der Waals surface area contributed by atoms with Crippen molar-refractivity contribution in [1.29, 1.82) is 0 Å². The number of hydrogen-bond donors (Lipinski definition) is 2. The van der Waals surface area contributed by atoms with Gasteiger partial charge in [-0.25, -0.2) is 0 Å². The first-order valence-electron chi connectivity index (χ1n) is 6.21. The largest absolute Gasteiger partial charge is 0.385 e. The van der Waals surface area contributed by atoms with Crippen LogP contribution in [0.1, 0.15) is 23.7 Å². The average Bonchev–Trinajstić information content (AvgIpc) is 2.79. The lowest BCUT2D eigenvalue weighted by molar-refractivity contribution is 0.642. The molecule has 2 aromatic rings. The molecular weight excluding hydrogens is 226 g/mol. The lowest BCUT2D eigenvalue weighted by atomic mass is 9.90. The number of benzene rings is 1. The second-order valence-electron chi connectivity index (χ2n) is 4.55. The zero-order chi connectivity index (χ0) is 12.5. The molecule has 18 heavy (non-hydrogen) atoms. The summed E-state index contributed by atoms with van der Waals surface area (Å²) in [6.45, 7) is 0.976. The molecule has 1 aromatic carbocycles. The SMILES string of the molecule is CNc1nnc(C2CCNc3ccccc32)n1C. The molecule has 3 rings (SSSR count). The third kappa shape index (κ3) is 1.63. The number of hydrogen-bond acceptors (Lipinski definition) is 4. The van der Waals surface area contributed by atoms with Crippen LogP contribution < -0.4 is 10.6 Å². The maximum Gasteiger partial charge on any atom is 0.224 e. The minimum absolute atomic E-state index is 0.321. The second kappa shape index (κ2) is 4.33. The van der Waals surface area contributed by atoms with Crippen LogP contribution in [0.15, 0.2) is 24.3 Å². The van der Waals surface area contributed by atoms with Gasteiger partial charge in [-0.15, -0.1) is 10.2 Å². The predicted octanol–water partition coefficient (Wildman–Crippen LogP) is 1.80. The van der Waals surface area contributed by atoms with Crippen LogP contribution in [0.25, 0.3) is 0 Å². The summed E-state index contributed by atoms with van der Waals surface area (Å²) in [5, 5.41) is 15.0. The van der Waals surface area contributed by atoms with Crippen LogP contribution in [-0.4, -0.2) is 28.4 Å². The van der Waals surface area contributed by atoms with Gasteiger partial charge in [-0.3, -0.25) is 0 Å². The van der Waals surface area contributed by atoms with Crippen molar-refractivity contribution in [1.82, 2.24) is 14.8 Å². The van der Waals surface area contributed by atoms with Gasteiger partial charge in [0.25, 0.3) is 0 Å². The normalized spacial score (nSPS) is 18.0. The van der Waals surface area contributed by atoms with Crippen LogP contribution in [0.5, 0.6) is 0 Å². The Morgan fingerprint density at radius 1 is 1.33 bits per heavy atom. The fraction of sp³-hybridized carbons (Fsp3) is 0.385. The molecular formula is C13H17N5. The molecule has 0 radical (unpaired) electrons. The van der Waals surface area contributed by atoms with E-state index in [0.29, 0.717) is 5.92 Å². The van der Waals surface area contributed by atoms with Crippen molar-refractivity contribution in [2.24, 2.45) is 7.05 Å². The zero-order valence-electron chi connectivity index (χ0n) is 10.6. The minimum Gasteiger partial charge on any atom is -0.385 e. The molecule has 0 saturated heterocycles. The number of rotatable bonds is 2. The Labute approximate surface area is 106 Å². The third-order valence-corrected chi connectivity index (χ3v) is 3.53. The number of fused-ring (bicyclic) bond motifs is 1. The summed E-state index contributed by atoms with van der Waals surface area (Å²) < 4.78 is 2.03. The third-order valence-electron chi connectivity index (χ3n) is 3.53. The van der Waals surface area contributed by atoms with Gasteiger partial charge < -0.3 is 15.2 Å². The Morgan fingerprint density at radius 3 is 2.94 bits per heavy atom. The Kier molecular flexibility index (Phi) is 2.66. The number of nitrogens with zero attached hydrogens (tertiary/aromatic N) is 3. The number of aromatic nitrogens is 3. The fourth-order valence-corrected chi connectivity index (χ4v) is 2.60. The molecule has 5 heteroatoms. The quantitative estimate of drug-likeness (QED) is 0.844. The summed E-state index contributed by atoms with van der Waals surface area (Å²) in [6.07, 6.45) is 1.05. The first kappa shape index (κ1) is 11.1. The fourth-order valence-electron chi connectivity index (χ4n) is 2.60. The Bertz CT molecular complexity index is 560. The van der Waals surface area contributed by atoms with Gasteiger partial charge in [-0.1, -0.05) is 18.2 Å². The lowest BCUT2D eigenvalue weighted by Gasteiger charge is -2.25. The summed E-state index contributed by atoms with van der Waals surface area (Å²) >= 11 is 0. The monoisotopic (exact) mass is 243 g/mol. The van der Waals surface area contributed by atoms with E-state index in [4.69, 9.17) is 0 Å². The average molecular weight is 243 g/mol. The zero-order valence-corrected chi connectivity index (χ0v) is 10.6. The second-order valence-corrected chi connectivity index (χ2v) is 4.55. The molecule has 1 atom stereocenters. The van der Waals surface area contributed by atoms with E-state index in [1.807, 2.05) is 18.7 Å². The van der Waals surface area contributed by atoms with E-state index in [0.717, 1.165) is 24.7 Å². The van der Waals surface area contributed by atoms with Crippen molar-refractivity contribution in [3.63, 3.8) is 0 Å². The predicted molar refractivity (Wildman–Crippen MR) is 71.9 cm³/mol. The summed E-state index contributed by atoms with van der Waals surface area (Å²) in [4.78, 5) is 0. The highest BCUT2D eigenvalue weighted by Crippen LogP contribution is 2.35. The molecule has 1 unspecified atom stereocenters. The highest BCUT2D eigenvalue weighted by atomic mass is 15.3. The van der Waals surface area contributed by atoms with Gasteiger partial charge in [-0.05, 0) is 18.1 Å². The maximum absolute atomic E-state index is 4.33. The summed E-state index contributed by atoms with van der Waals surface area (Å²) in [5.41, 5.74) is 2.52. The van der Waals surface area contributed by atoms with Gasteiger partial charge >= 0.3 is 0 Å². The van der Waals surface area contributed by atoms with Crippen molar-refractivity contribution >= 4 is 11.6 Å². The summed E-state index contributed by atoms with van der Waals surface area (Å²) in [7, 11) is 3.87. The minimum atomic E-state index is 0.321. The van der Waals surface area contributed by atoms with Gasteiger partial charge in [-0.2, -0.15) is 0 Å². The molecule has 0 bridgehead atoms. The van der Waals surface area contributed by atoms with E-state index >= 15 is 0 Å². The van der Waals surface area contributed by atoms with Gasteiger partial charge in [0.15, 0.2) is 0 Å². The molecule has 1 aromatic heterocycles. The van der Waals surface area contributed by atoms with Crippen LogP contribution in [-0.2, 0) is 7.05 Å². The molecule has 0 amide bonds. The highest BCUT2D eigenvalue weighted by Gasteiger charge is 2.25. The van der Waals surface area contributed by atoms with E-state index < -0.39 is 0 Å². The molecule has 5 nitrogen and oxygen atoms in total. The molecule has 1 aliphatic rings. The van der Waals surface area contributed by atoms with Crippen LogP contribution >= 0.6 is 0 Å². The van der Waals surface area contributed by atoms with Crippen LogP contribution in [0, 0.1) is 0 Å². The van der Waals surface area contributed by atoms with E-state index in [1.165, 1.54) is 11.3 Å². The van der Waals surface area contributed by atoms with Crippen molar-refractivity contribution in [2.75, 3.05) is 24.2 Å². The lowest BCUT2D eigenvalue weighted by Crippen LogP contribution is -2.20. The Morgan fingerprint density at radius 2 is 2.17 bits per heavy atom. The van der Waals surface area contributed by atoms with E-state index in [-0.39, 0.29) is 0 Å². The summed E-state index contributed by atoms with van der Waals surface area (Å²) in [5.74, 6) is 2.15. The molecule has 0 fully saturated rings. The molecule has 0 aliphatic carbocycles. The first-order chi connectivity index (χ1) is 8.81. The molecule has 2 heterocycles. The van der Waals surface area contributed by atoms with E-state index in [2.05, 4.69) is 45.1 Å². The van der Waals surface area contributed by atoms with Crippen LogP contribution in [0.2, 0.25) is 0 Å². The van der Waals surface area contributed by atoms with Gasteiger partial charge in [0.1, 0.15) is 5.82 Å². The molecule has 2 N–H and O–H groups in total. The maximum atomic E-state index is 4.33. The Balaban J connectivity index is 2.05. The number of nitrogens with one attached hydrogen (secondary N) is 2. The van der Waals surface area contributed by atoms with Crippen LogP contribution in [0.3, 0.4) is 0 Å². The van der Waals surface area contributed by atoms with Gasteiger partial charge in [0.2, 0.25) is 5.95 Å². The van der Waals surface area contributed by atoms with E-state index in [1.54, 1.807) is 0 Å². The van der Waals surface area contributed by atoms with Crippen molar-refractivity contribution in [3.8, 4) is 0 Å². The van der Waals surface area contributed by atoms with Crippen molar-refractivity contribution < 1.29 is 0 Å². The topological polar surface area (TPSA) is 54.8 Å². The molecule has 1 aliphatic heterocycles. The number of para-hydroxylation sites is 1. The highest BCUT2D eigenvalue weighted by molar-refractivity contribution is 5.56. The van der Waals surface area contributed by atoms with Gasteiger partial charge in [0, 0.05) is 32.2 Å². The van der Waals surface area contributed by atoms with Crippen molar-refractivity contribution in [2.45, 2.75) is 12.3 Å². The molecule has 94 valence electrons. The molecule has 0 saturated carbocycles. The molecule has 0 spiro atoms. The summed E-state index contributed by atoms with van der Waals surface area (Å²) in [6, 6.07) is 8.43. The first-order valence-corrected chi connectivity index (χ1v) is 6.21. The van der Waals surface area contributed by atoms with Crippen molar-refractivity contribution in [3.05, 3.63) is 35.7 Å².